The van der Waals surface area contributed by atoms with Crippen molar-refractivity contribution < 1.29 is 9.84 Å². The number of ether oxygens (including phenoxy) is 1. The summed E-state index contributed by atoms with van der Waals surface area (Å²) in [4.78, 5) is 7.91. The molecule has 0 saturated heterocycles. The number of benzene rings is 1. The molecule has 1 heterocycles. The average molecular weight is 271 g/mol. The van der Waals surface area contributed by atoms with Crippen molar-refractivity contribution >= 4 is 23.2 Å². The molecule has 1 N–H and O–H groups in total. The van der Waals surface area contributed by atoms with Gasteiger partial charge in [-0.2, -0.15) is 0 Å². The molecule has 0 aliphatic heterocycles. The minimum Gasteiger partial charge on any atom is -0.437 e. The number of aliphatic hydroxyl groups is 1. The Bertz CT molecular complexity index is 535. The van der Waals surface area contributed by atoms with E-state index in [9.17, 15) is 0 Å². The Morgan fingerprint density at radius 3 is 2.71 bits per heavy atom. The Balaban J connectivity index is 2.22. The predicted molar refractivity (Wildman–Crippen MR) is 64.5 cm³/mol. The summed E-state index contributed by atoms with van der Waals surface area (Å²) in [6, 6.07) is 4.88. The van der Waals surface area contributed by atoms with Gasteiger partial charge in [0.2, 0.25) is 5.88 Å². The standard InChI is InChI=1S/C11H8Cl2N2O2/c12-9-2-1-8(3-10(9)13)17-11-5-14-4-7(6-16)15-11/h1-5,16H,6H2. The quantitative estimate of drug-likeness (QED) is 0.932. The summed E-state index contributed by atoms with van der Waals surface area (Å²) in [6.07, 6.45) is 2.91. The van der Waals surface area contributed by atoms with E-state index in [-0.39, 0.29) is 12.5 Å². The maximum absolute atomic E-state index is 8.91. The second-order valence-electron chi connectivity index (χ2n) is 3.18. The summed E-state index contributed by atoms with van der Waals surface area (Å²) < 4.78 is 5.43. The van der Waals surface area contributed by atoms with E-state index in [1.54, 1.807) is 18.2 Å². The van der Waals surface area contributed by atoms with Crippen molar-refractivity contribution in [2.24, 2.45) is 0 Å². The van der Waals surface area contributed by atoms with Crippen LogP contribution >= 0.6 is 23.2 Å². The molecule has 17 heavy (non-hydrogen) atoms. The van der Waals surface area contributed by atoms with E-state index in [4.69, 9.17) is 33.0 Å². The first kappa shape index (κ1) is 12.1. The average Bonchev–Trinajstić information content (AvgIpc) is 2.34. The zero-order chi connectivity index (χ0) is 12.3. The van der Waals surface area contributed by atoms with Crippen LogP contribution in [-0.4, -0.2) is 15.1 Å². The molecule has 0 fully saturated rings. The van der Waals surface area contributed by atoms with Gasteiger partial charge in [-0.1, -0.05) is 23.2 Å². The number of halogens is 2. The maximum Gasteiger partial charge on any atom is 0.238 e. The van der Waals surface area contributed by atoms with E-state index < -0.39 is 0 Å². The van der Waals surface area contributed by atoms with Crippen LogP contribution in [-0.2, 0) is 6.61 Å². The fourth-order valence-electron chi connectivity index (χ4n) is 1.17. The molecular weight excluding hydrogens is 263 g/mol. The van der Waals surface area contributed by atoms with Gasteiger partial charge in [-0.15, -0.1) is 0 Å². The molecule has 0 aliphatic rings. The van der Waals surface area contributed by atoms with Crippen LogP contribution in [0.5, 0.6) is 11.6 Å². The lowest BCUT2D eigenvalue weighted by Gasteiger charge is -2.06. The third-order valence-corrected chi connectivity index (χ3v) is 2.68. The predicted octanol–water partition coefficient (Wildman–Crippen LogP) is 3.07. The molecule has 4 nitrogen and oxygen atoms in total. The Hall–Kier alpha value is -1.36. The van der Waals surface area contributed by atoms with Crippen molar-refractivity contribution in [2.45, 2.75) is 6.61 Å². The Morgan fingerprint density at radius 1 is 1.18 bits per heavy atom. The highest BCUT2D eigenvalue weighted by Gasteiger charge is 2.04. The fourth-order valence-corrected chi connectivity index (χ4v) is 1.46. The number of hydrogen-bond donors (Lipinski definition) is 1. The molecule has 1 aromatic carbocycles. The van der Waals surface area contributed by atoms with Gasteiger partial charge in [-0.25, -0.2) is 4.98 Å². The normalized spacial score (nSPS) is 10.3. The fraction of sp³-hybridized carbons (Fsp3) is 0.0909. The Kier molecular flexibility index (Phi) is 3.78. The van der Waals surface area contributed by atoms with Crippen LogP contribution in [0.1, 0.15) is 5.69 Å². The first-order chi connectivity index (χ1) is 8.19. The largest absolute Gasteiger partial charge is 0.437 e. The van der Waals surface area contributed by atoms with Gasteiger partial charge in [0.1, 0.15) is 5.75 Å². The van der Waals surface area contributed by atoms with Gasteiger partial charge < -0.3 is 9.84 Å². The Labute approximate surface area is 108 Å². The monoisotopic (exact) mass is 270 g/mol. The van der Waals surface area contributed by atoms with E-state index in [1.807, 2.05) is 0 Å². The van der Waals surface area contributed by atoms with Crippen LogP contribution in [0.15, 0.2) is 30.6 Å². The molecule has 0 amide bonds. The molecule has 0 radical (unpaired) electrons. The van der Waals surface area contributed by atoms with Crippen molar-refractivity contribution in [3.63, 3.8) is 0 Å². The van der Waals surface area contributed by atoms with Gasteiger partial charge >= 0.3 is 0 Å². The van der Waals surface area contributed by atoms with E-state index in [0.717, 1.165) is 0 Å². The SMILES string of the molecule is OCc1cncc(Oc2ccc(Cl)c(Cl)c2)n1. The second-order valence-corrected chi connectivity index (χ2v) is 4.00. The summed E-state index contributed by atoms with van der Waals surface area (Å²) in [5.41, 5.74) is 0.433. The highest BCUT2D eigenvalue weighted by atomic mass is 35.5. The number of aromatic nitrogens is 2. The summed E-state index contributed by atoms with van der Waals surface area (Å²) in [6.45, 7) is -0.189. The molecule has 88 valence electrons. The van der Waals surface area contributed by atoms with Crippen molar-refractivity contribution in [3.8, 4) is 11.6 Å². The molecule has 0 unspecified atom stereocenters. The van der Waals surface area contributed by atoms with E-state index in [1.165, 1.54) is 12.4 Å². The number of nitrogens with zero attached hydrogens (tertiary/aromatic N) is 2. The third kappa shape index (κ3) is 3.06. The smallest absolute Gasteiger partial charge is 0.238 e. The van der Waals surface area contributed by atoms with Crippen molar-refractivity contribution in [1.29, 1.82) is 0 Å². The maximum atomic E-state index is 8.91. The molecule has 0 spiro atoms. The van der Waals surface area contributed by atoms with Gasteiger partial charge in [-0.05, 0) is 12.1 Å². The minimum absolute atomic E-state index is 0.189. The van der Waals surface area contributed by atoms with Crippen LogP contribution < -0.4 is 4.74 Å². The lowest BCUT2D eigenvalue weighted by atomic mass is 10.3. The zero-order valence-electron chi connectivity index (χ0n) is 8.60. The summed E-state index contributed by atoms with van der Waals surface area (Å²) >= 11 is 11.6. The molecule has 0 saturated carbocycles. The van der Waals surface area contributed by atoms with Crippen LogP contribution in [0.2, 0.25) is 10.0 Å². The van der Waals surface area contributed by atoms with E-state index >= 15 is 0 Å². The molecule has 6 heteroatoms. The van der Waals surface area contributed by atoms with Crippen LogP contribution in [0.25, 0.3) is 0 Å². The highest BCUT2D eigenvalue weighted by molar-refractivity contribution is 6.42. The van der Waals surface area contributed by atoms with Crippen molar-refractivity contribution in [2.75, 3.05) is 0 Å². The van der Waals surface area contributed by atoms with Crippen LogP contribution in [0.3, 0.4) is 0 Å². The van der Waals surface area contributed by atoms with Crippen LogP contribution in [0, 0.1) is 0 Å². The molecular formula is C11H8Cl2N2O2. The molecule has 0 bridgehead atoms. The van der Waals surface area contributed by atoms with E-state index in [0.29, 0.717) is 21.5 Å². The Morgan fingerprint density at radius 2 is 2.00 bits per heavy atom. The van der Waals surface area contributed by atoms with Gasteiger partial charge in [-0.3, -0.25) is 4.98 Å². The second kappa shape index (κ2) is 5.31. The molecule has 2 rings (SSSR count). The van der Waals surface area contributed by atoms with Crippen LogP contribution in [0.4, 0.5) is 0 Å². The first-order valence-electron chi connectivity index (χ1n) is 4.73. The lowest BCUT2D eigenvalue weighted by Crippen LogP contribution is -1.94. The van der Waals surface area contributed by atoms with Gasteiger partial charge in [0.25, 0.3) is 0 Å². The highest BCUT2D eigenvalue weighted by Crippen LogP contribution is 2.28. The number of hydrogen-bond acceptors (Lipinski definition) is 4. The van der Waals surface area contributed by atoms with Crippen molar-refractivity contribution in [3.05, 3.63) is 46.3 Å². The summed E-state index contributed by atoms with van der Waals surface area (Å²) in [7, 11) is 0. The molecule has 0 atom stereocenters. The zero-order valence-corrected chi connectivity index (χ0v) is 10.1. The lowest BCUT2D eigenvalue weighted by molar-refractivity contribution is 0.274. The molecule has 1 aromatic heterocycles. The third-order valence-electron chi connectivity index (χ3n) is 1.94. The summed E-state index contributed by atoms with van der Waals surface area (Å²) in [5.74, 6) is 0.790. The van der Waals surface area contributed by atoms with E-state index in [2.05, 4.69) is 9.97 Å². The number of rotatable bonds is 3. The number of aliphatic hydroxyl groups excluding tert-OH is 1. The van der Waals surface area contributed by atoms with Crippen molar-refractivity contribution in [1.82, 2.24) is 9.97 Å². The van der Waals surface area contributed by atoms with Gasteiger partial charge in [0.15, 0.2) is 0 Å². The topological polar surface area (TPSA) is 55.2 Å². The minimum atomic E-state index is -0.189. The first-order valence-corrected chi connectivity index (χ1v) is 5.49. The summed E-state index contributed by atoms with van der Waals surface area (Å²) in [5, 5.41) is 9.76. The molecule has 0 aliphatic carbocycles. The van der Waals surface area contributed by atoms with Gasteiger partial charge in [0, 0.05) is 6.07 Å². The molecule has 2 aromatic rings. The van der Waals surface area contributed by atoms with Gasteiger partial charge in [0.05, 0.1) is 34.7 Å².